The summed E-state index contributed by atoms with van der Waals surface area (Å²) in [5.41, 5.74) is 0.434. The van der Waals surface area contributed by atoms with Gasteiger partial charge in [-0.1, -0.05) is 13.8 Å². The summed E-state index contributed by atoms with van der Waals surface area (Å²) < 4.78 is 40.3. The monoisotopic (exact) mass is 314 g/mol. The molecule has 0 spiro atoms. The van der Waals surface area contributed by atoms with Crippen molar-refractivity contribution >= 4 is 5.78 Å². The van der Waals surface area contributed by atoms with Crippen molar-refractivity contribution in [2.75, 3.05) is 13.2 Å². The molecule has 1 heterocycles. The molecule has 1 saturated heterocycles. The lowest BCUT2D eigenvalue weighted by molar-refractivity contribution is -0.0521. The van der Waals surface area contributed by atoms with E-state index in [1.165, 1.54) is 18.2 Å². The number of Topliss-reactive ketones (excluding diaryl/α,β-unsaturated/α-hetero) is 1. The first-order valence-corrected chi connectivity index (χ1v) is 7.32. The van der Waals surface area contributed by atoms with E-state index in [4.69, 9.17) is 9.47 Å². The summed E-state index contributed by atoms with van der Waals surface area (Å²) in [5.74, 6) is 0.261. The van der Waals surface area contributed by atoms with Crippen LogP contribution in [0.15, 0.2) is 18.2 Å². The minimum atomic E-state index is -2.95. The zero-order valence-electron chi connectivity index (χ0n) is 12.7. The van der Waals surface area contributed by atoms with Crippen LogP contribution in [0, 0.1) is 5.92 Å². The van der Waals surface area contributed by atoms with E-state index in [0.717, 1.165) is 0 Å². The Kier molecular flexibility index (Phi) is 5.71. The maximum Gasteiger partial charge on any atom is 0.387 e. The molecule has 1 aromatic carbocycles. The smallest absolute Gasteiger partial charge is 0.387 e. The largest absolute Gasteiger partial charge is 0.484 e. The SMILES string of the molecule is CC(C)CC(=O)c1ccc(OC(F)F)c(O[C@H]2CCOC2)c1. The third-order valence-electron chi connectivity index (χ3n) is 3.26. The molecule has 1 aliphatic heterocycles. The molecule has 6 heteroatoms. The van der Waals surface area contributed by atoms with Crippen LogP contribution in [-0.2, 0) is 4.74 Å². The highest BCUT2D eigenvalue weighted by molar-refractivity contribution is 5.96. The van der Waals surface area contributed by atoms with Crippen molar-refractivity contribution in [3.8, 4) is 11.5 Å². The van der Waals surface area contributed by atoms with Crippen LogP contribution in [0.2, 0.25) is 0 Å². The third-order valence-corrected chi connectivity index (χ3v) is 3.26. The van der Waals surface area contributed by atoms with Crippen LogP contribution in [0.5, 0.6) is 11.5 Å². The Morgan fingerprint density at radius 1 is 1.36 bits per heavy atom. The maximum atomic E-state index is 12.5. The molecule has 0 N–H and O–H groups in total. The Morgan fingerprint density at radius 2 is 2.14 bits per heavy atom. The number of halogens is 2. The minimum absolute atomic E-state index is 0.0499. The third kappa shape index (κ3) is 4.66. The van der Waals surface area contributed by atoms with Gasteiger partial charge >= 0.3 is 6.61 Å². The van der Waals surface area contributed by atoms with E-state index in [2.05, 4.69) is 4.74 Å². The number of rotatable bonds is 7. The highest BCUT2D eigenvalue weighted by Crippen LogP contribution is 2.32. The lowest BCUT2D eigenvalue weighted by Crippen LogP contribution is -2.17. The average Bonchev–Trinajstić information content (AvgIpc) is 2.92. The molecule has 0 saturated carbocycles. The predicted molar refractivity (Wildman–Crippen MR) is 76.7 cm³/mol. The molecule has 0 radical (unpaired) electrons. The molecule has 1 aliphatic rings. The van der Waals surface area contributed by atoms with Gasteiger partial charge in [-0.15, -0.1) is 0 Å². The summed E-state index contributed by atoms with van der Waals surface area (Å²) in [6.07, 6.45) is 0.856. The van der Waals surface area contributed by atoms with E-state index in [9.17, 15) is 13.6 Å². The van der Waals surface area contributed by atoms with Crippen LogP contribution in [0.3, 0.4) is 0 Å². The number of carbonyl (C=O) groups excluding carboxylic acids is 1. The first-order valence-electron chi connectivity index (χ1n) is 7.32. The Balaban J connectivity index is 2.21. The zero-order valence-corrected chi connectivity index (χ0v) is 12.7. The number of ketones is 1. The average molecular weight is 314 g/mol. The highest BCUT2D eigenvalue weighted by Gasteiger charge is 2.21. The van der Waals surface area contributed by atoms with Gasteiger partial charge in [0.25, 0.3) is 0 Å². The van der Waals surface area contributed by atoms with Crippen molar-refractivity contribution in [1.29, 1.82) is 0 Å². The van der Waals surface area contributed by atoms with Crippen molar-refractivity contribution in [2.45, 2.75) is 39.4 Å². The van der Waals surface area contributed by atoms with Crippen molar-refractivity contribution in [3.63, 3.8) is 0 Å². The Labute approximate surface area is 128 Å². The zero-order chi connectivity index (χ0) is 16.1. The van der Waals surface area contributed by atoms with Crippen LogP contribution in [0.1, 0.15) is 37.0 Å². The molecule has 0 bridgehead atoms. The Morgan fingerprint density at radius 3 is 2.73 bits per heavy atom. The van der Waals surface area contributed by atoms with Crippen LogP contribution in [0.25, 0.3) is 0 Å². The Hall–Kier alpha value is -1.69. The number of benzene rings is 1. The van der Waals surface area contributed by atoms with Crippen molar-refractivity contribution in [3.05, 3.63) is 23.8 Å². The maximum absolute atomic E-state index is 12.5. The molecule has 2 rings (SSSR count). The molecular formula is C16H20F2O4. The molecule has 0 unspecified atom stereocenters. The predicted octanol–water partition coefficient (Wildman–Crippen LogP) is 3.68. The summed E-state index contributed by atoms with van der Waals surface area (Å²) in [7, 11) is 0. The first kappa shape index (κ1) is 16.7. The normalized spacial score (nSPS) is 18.0. The molecule has 1 aromatic rings. The van der Waals surface area contributed by atoms with Crippen molar-refractivity contribution in [1.82, 2.24) is 0 Å². The van der Waals surface area contributed by atoms with E-state index in [1.807, 2.05) is 13.8 Å². The lowest BCUT2D eigenvalue weighted by atomic mass is 10.0. The number of hydrogen-bond acceptors (Lipinski definition) is 4. The van der Waals surface area contributed by atoms with Crippen LogP contribution < -0.4 is 9.47 Å². The minimum Gasteiger partial charge on any atom is -0.484 e. The van der Waals surface area contributed by atoms with Crippen molar-refractivity contribution in [2.24, 2.45) is 5.92 Å². The number of hydrogen-bond donors (Lipinski definition) is 0. The van der Waals surface area contributed by atoms with Crippen LogP contribution in [0.4, 0.5) is 8.78 Å². The second kappa shape index (κ2) is 7.54. The first-order chi connectivity index (χ1) is 10.5. The summed E-state index contributed by atoms with van der Waals surface area (Å²) in [6.45, 7) is 1.91. The van der Waals surface area contributed by atoms with Gasteiger partial charge in [-0.25, -0.2) is 0 Å². The number of ether oxygens (including phenoxy) is 3. The molecular weight excluding hydrogens is 294 g/mol. The van der Waals surface area contributed by atoms with E-state index < -0.39 is 6.61 Å². The van der Waals surface area contributed by atoms with Gasteiger partial charge in [-0.05, 0) is 24.1 Å². The van der Waals surface area contributed by atoms with E-state index in [1.54, 1.807) is 0 Å². The molecule has 1 fully saturated rings. The van der Waals surface area contributed by atoms with Gasteiger partial charge in [0, 0.05) is 18.4 Å². The van der Waals surface area contributed by atoms with E-state index >= 15 is 0 Å². The molecule has 4 nitrogen and oxygen atoms in total. The molecule has 1 atom stereocenters. The second-order valence-electron chi connectivity index (χ2n) is 5.66. The standard InChI is InChI=1S/C16H20F2O4/c1-10(2)7-13(19)11-3-4-14(22-16(17)18)15(8-11)21-12-5-6-20-9-12/h3-4,8,10,12,16H,5-7,9H2,1-2H3/t12-/m0/s1. The van der Waals surface area contributed by atoms with Crippen LogP contribution >= 0.6 is 0 Å². The topological polar surface area (TPSA) is 44.8 Å². The quantitative estimate of drug-likeness (QED) is 0.720. The molecule has 0 aromatic heterocycles. The summed E-state index contributed by atoms with van der Waals surface area (Å²) in [4.78, 5) is 12.1. The Bertz CT molecular complexity index is 511. The highest BCUT2D eigenvalue weighted by atomic mass is 19.3. The molecule has 22 heavy (non-hydrogen) atoms. The van der Waals surface area contributed by atoms with Gasteiger partial charge in [0.1, 0.15) is 6.10 Å². The molecule has 122 valence electrons. The lowest BCUT2D eigenvalue weighted by Gasteiger charge is -2.17. The molecule has 0 amide bonds. The molecule has 0 aliphatic carbocycles. The fraction of sp³-hybridized carbons (Fsp3) is 0.562. The summed E-state index contributed by atoms with van der Waals surface area (Å²) in [5, 5.41) is 0. The second-order valence-corrected chi connectivity index (χ2v) is 5.66. The van der Waals surface area contributed by atoms with Gasteiger partial charge < -0.3 is 14.2 Å². The summed E-state index contributed by atoms with van der Waals surface area (Å²) >= 11 is 0. The van der Waals surface area contributed by atoms with Crippen molar-refractivity contribution < 1.29 is 27.8 Å². The fourth-order valence-corrected chi connectivity index (χ4v) is 2.24. The van der Waals surface area contributed by atoms with Gasteiger partial charge in [0.15, 0.2) is 17.3 Å². The van der Waals surface area contributed by atoms with Gasteiger partial charge in [-0.3, -0.25) is 4.79 Å². The van der Waals surface area contributed by atoms with Crippen LogP contribution in [-0.4, -0.2) is 31.7 Å². The van der Waals surface area contributed by atoms with Gasteiger partial charge in [0.05, 0.1) is 13.2 Å². The number of alkyl halides is 2. The van der Waals surface area contributed by atoms with E-state index in [0.29, 0.717) is 31.6 Å². The number of carbonyl (C=O) groups is 1. The van der Waals surface area contributed by atoms with Gasteiger partial charge in [-0.2, -0.15) is 8.78 Å². The van der Waals surface area contributed by atoms with Gasteiger partial charge in [0.2, 0.25) is 0 Å². The fourth-order valence-electron chi connectivity index (χ4n) is 2.24. The summed E-state index contributed by atoms with van der Waals surface area (Å²) in [6, 6.07) is 4.31. The van der Waals surface area contributed by atoms with E-state index in [-0.39, 0.29) is 29.3 Å².